The van der Waals surface area contributed by atoms with Crippen LogP contribution in [0.4, 0.5) is 0 Å². The van der Waals surface area contributed by atoms with Crippen molar-refractivity contribution >= 4 is 17.7 Å². The molecule has 1 aliphatic rings. The van der Waals surface area contributed by atoms with Crippen molar-refractivity contribution in [2.24, 2.45) is 11.8 Å². The van der Waals surface area contributed by atoms with Crippen molar-refractivity contribution in [3.8, 4) is 0 Å². The number of hydrogen-bond acceptors (Lipinski definition) is 3. The minimum atomic E-state index is -0.231. The summed E-state index contributed by atoms with van der Waals surface area (Å²) in [7, 11) is 0. The Kier molecular flexibility index (Phi) is 5.61. The van der Waals surface area contributed by atoms with Crippen molar-refractivity contribution in [2.75, 3.05) is 19.6 Å². The Morgan fingerprint density at radius 2 is 1.78 bits per heavy atom. The smallest absolute Gasteiger partial charge is 0.239 e. The highest BCUT2D eigenvalue weighted by molar-refractivity contribution is 5.85. The maximum absolute atomic E-state index is 11.4. The lowest BCUT2D eigenvalue weighted by Crippen LogP contribution is -2.38. The van der Waals surface area contributed by atoms with Crippen molar-refractivity contribution in [2.45, 2.75) is 26.7 Å². The second-order valence-electron chi connectivity index (χ2n) is 4.59. The molecular weight excluding hydrogens is 234 g/mol. The molecule has 0 bridgehead atoms. The fourth-order valence-electron chi connectivity index (χ4n) is 1.64. The summed E-state index contributed by atoms with van der Waals surface area (Å²) < 4.78 is 0. The number of hydrogen-bond donors (Lipinski definition) is 3. The lowest BCUT2D eigenvalue weighted by Gasteiger charge is -2.06. The van der Waals surface area contributed by atoms with Crippen LogP contribution in [-0.2, 0) is 14.4 Å². The molecule has 1 aliphatic carbocycles. The number of amides is 3. The van der Waals surface area contributed by atoms with Gasteiger partial charge in [0.15, 0.2) is 0 Å². The Morgan fingerprint density at radius 1 is 1.11 bits per heavy atom. The van der Waals surface area contributed by atoms with Gasteiger partial charge in [-0.1, -0.05) is 6.92 Å². The summed E-state index contributed by atoms with van der Waals surface area (Å²) in [5.74, 6) is 0.186. The van der Waals surface area contributed by atoms with Gasteiger partial charge in [0.2, 0.25) is 17.7 Å². The zero-order valence-corrected chi connectivity index (χ0v) is 10.9. The Hall–Kier alpha value is -1.59. The van der Waals surface area contributed by atoms with E-state index in [4.69, 9.17) is 0 Å². The highest BCUT2D eigenvalue weighted by Gasteiger charge is 2.38. The fourth-order valence-corrected chi connectivity index (χ4v) is 1.64. The van der Waals surface area contributed by atoms with Crippen LogP contribution in [-0.4, -0.2) is 37.4 Å². The molecule has 3 N–H and O–H groups in total. The maximum atomic E-state index is 11.4. The van der Waals surface area contributed by atoms with Crippen molar-refractivity contribution in [1.82, 2.24) is 16.0 Å². The first-order valence-electron chi connectivity index (χ1n) is 6.35. The van der Waals surface area contributed by atoms with E-state index >= 15 is 0 Å². The molecule has 0 unspecified atom stereocenters. The zero-order chi connectivity index (χ0) is 13.5. The standard InChI is InChI=1S/C12H21N3O3/c1-3-13-11(17)7-15-10(16)4-5-14-12(18)9-6-8(9)2/h8-9H,3-7H2,1-2H3,(H,13,17)(H,14,18)(H,15,16)/t8-,9-/m1/s1. The SMILES string of the molecule is CCNC(=O)CNC(=O)CCNC(=O)[C@@H]1C[C@H]1C. The first-order chi connectivity index (χ1) is 8.54. The van der Waals surface area contributed by atoms with Crippen molar-refractivity contribution < 1.29 is 14.4 Å². The average molecular weight is 255 g/mol. The molecule has 1 fully saturated rings. The minimum Gasteiger partial charge on any atom is -0.355 e. The van der Waals surface area contributed by atoms with Gasteiger partial charge < -0.3 is 16.0 Å². The molecule has 1 saturated carbocycles. The molecule has 0 saturated heterocycles. The van der Waals surface area contributed by atoms with E-state index in [9.17, 15) is 14.4 Å². The van der Waals surface area contributed by atoms with Crippen molar-refractivity contribution in [3.05, 3.63) is 0 Å². The van der Waals surface area contributed by atoms with E-state index in [0.717, 1.165) is 6.42 Å². The molecule has 6 nitrogen and oxygen atoms in total. The molecule has 0 aliphatic heterocycles. The summed E-state index contributed by atoms with van der Waals surface area (Å²) >= 11 is 0. The van der Waals surface area contributed by atoms with Crippen LogP contribution in [0, 0.1) is 11.8 Å². The monoisotopic (exact) mass is 255 g/mol. The third-order valence-electron chi connectivity index (χ3n) is 2.92. The lowest BCUT2D eigenvalue weighted by molar-refractivity contribution is -0.126. The van der Waals surface area contributed by atoms with Crippen molar-refractivity contribution in [3.63, 3.8) is 0 Å². The van der Waals surface area contributed by atoms with E-state index in [1.54, 1.807) is 0 Å². The largest absolute Gasteiger partial charge is 0.355 e. The van der Waals surface area contributed by atoms with Gasteiger partial charge in [0.05, 0.1) is 6.54 Å². The molecule has 102 valence electrons. The summed E-state index contributed by atoms with van der Waals surface area (Å²) in [6.07, 6.45) is 1.14. The zero-order valence-electron chi connectivity index (χ0n) is 10.9. The first kappa shape index (κ1) is 14.5. The quantitative estimate of drug-likeness (QED) is 0.568. The topological polar surface area (TPSA) is 87.3 Å². The molecule has 0 radical (unpaired) electrons. The van der Waals surface area contributed by atoms with Crippen LogP contribution in [0.5, 0.6) is 0 Å². The van der Waals surface area contributed by atoms with Gasteiger partial charge in [0.1, 0.15) is 0 Å². The maximum Gasteiger partial charge on any atom is 0.239 e. The van der Waals surface area contributed by atoms with Crippen LogP contribution in [0.2, 0.25) is 0 Å². The summed E-state index contributed by atoms with van der Waals surface area (Å²) in [5.41, 5.74) is 0. The third kappa shape index (κ3) is 5.16. The van der Waals surface area contributed by atoms with Gasteiger partial charge in [0, 0.05) is 25.4 Å². The average Bonchev–Trinajstić information content (AvgIpc) is 3.04. The molecule has 0 aromatic carbocycles. The van der Waals surface area contributed by atoms with E-state index in [2.05, 4.69) is 16.0 Å². The van der Waals surface area contributed by atoms with Gasteiger partial charge in [-0.3, -0.25) is 14.4 Å². The van der Waals surface area contributed by atoms with Gasteiger partial charge >= 0.3 is 0 Å². The van der Waals surface area contributed by atoms with Crippen LogP contribution < -0.4 is 16.0 Å². The summed E-state index contributed by atoms with van der Waals surface area (Å²) in [6, 6.07) is 0. The van der Waals surface area contributed by atoms with Gasteiger partial charge in [-0.25, -0.2) is 0 Å². The van der Waals surface area contributed by atoms with E-state index < -0.39 is 0 Å². The summed E-state index contributed by atoms with van der Waals surface area (Å²) in [6.45, 7) is 4.70. The molecule has 0 spiro atoms. The van der Waals surface area contributed by atoms with E-state index in [0.29, 0.717) is 19.0 Å². The summed E-state index contributed by atoms with van der Waals surface area (Å²) in [4.78, 5) is 33.8. The highest BCUT2D eigenvalue weighted by Crippen LogP contribution is 2.37. The predicted octanol–water partition coefficient (Wildman–Crippen LogP) is -0.599. The normalized spacial score (nSPS) is 21.0. The third-order valence-corrected chi connectivity index (χ3v) is 2.92. The van der Waals surface area contributed by atoms with E-state index in [1.165, 1.54) is 0 Å². The Bertz CT molecular complexity index is 331. The second-order valence-corrected chi connectivity index (χ2v) is 4.59. The predicted molar refractivity (Wildman–Crippen MR) is 66.6 cm³/mol. The van der Waals surface area contributed by atoms with Crippen LogP contribution >= 0.6 is 0 Å². The molecule has 2 atom stereocenters. The molecule has 0 heterocycles. The van der Waals surface area contributed by atoms with Crippen LogP contribution in [0.25, 0.3) is 0 Å². The van der Waals surface area contributed by atoms with E-state index in [1.807, 2.05) is 13.8 Å². The van der Waals surface area contributed by atoms with Gasteiger partial charge in [0.25, 0.3) is 0 Å². The molecule has 3 amide bonds. The first-order valence-corrected chi connectivity index (χ1v) is 6.35. The van der Waals surface area contributed by atoms with Crippen molar-refractivity contribution in [1.29, 1.82) is 0 Å². The van der Waals surface area contributed by atoms with Crippen LogP contribution in [0.15, 0.2) is 0 Å². The molecule has 0 aromatic heterocycles. The Labute approximate surface area is 107 Å². The molecule has 18 heavy (non-hydrogen) atoms. The molecular formula is C12H21N3O3. The number of rotatable bonds is 7. The van der Waals surface area contributed by atoms with Gasteiger partial charge in [-0.15, -0.1) is 0 Å². The minimum absolute atomic E-state index is 0.0136. The lowest BCUT2D eigenvalue weighted by atomic mass is 10.3. The molecule has 1 rings (SSSR count). The summed E-state index contributed by atoms with van der Waals surface area (Å²) in [5, 5.41) is 7.79. The Morgan fingerprint density at radius 3 is 2.33 bits per heavy atom. The Balaban J connectivity index is 2.03. The van der Waals surface area contributed by atoms with Crippen LogP contribution in [0.1, 0.15) is 26.7 Å². The molecule has 0 aromatic rings. The van der Waals surface area contributed by atoms with Crippen LogP contribution in [0.3, 0.4) is 0 Å². The number of nitrogens with one attached hydrogen (secondary N) is 3. The number of carbonyl (C=O) groups excluding carboxylic acids is 3. The fraction of sp³-hybridized carbons (Fsp3) is 0.750. The highest BCUT2D eigenvalue weighted by atomic mass is 16.2. The second kappa shape index (κ2) is 6.98. The number of likely N-dealkylation sites (N-methyl/N-ethyl adjacent to an activating group) is 1. The van der Waals surface area contributed by atoms with E-state index in [-0.39, 0.29) is 36.6 Å². The van der Waals surface area contributed by atoms with Gasteiger partial charge in [-0.2, -0.15) is 0 Å². The molecule has 6 heteroatoms. The number of carbonyl (C=O) groups is 3. The van der Waals surface area contributed by atoms with Gasteiger partial charge in [-0.05, 0) is 19.3 Å².